The SMILES string of the molecule is CN(C=O)c1ccccc1-c1c(CC=O)cccc1C(=O)O. The van der Waals surface area contributed by atoms with Gasteiger partial charge in [0.15, 0.2) is 0 Å². The Hall–Kier alpha value is -2.95. The molecule has 0 aliphatic heterocycles. The number of anilines is 1. The molecule has 0 atom stereocenters. The number of carboxylic acids is 1. The van der Waals surface area contributed by atoms with E-state index in [9.17, 15) is 19.5 Å². The number of carbonyl (C=O) groups excluding carboxylic acids is 2. The summed E-state index contributed by atoms with van der Waals surface area (Å²) in [6.07, 6.45) is 1.49. The number of hydrogen-bond donors (Lipinski definition) is 1. The average molecular weight is 297 g/mol. The highest BCUT2D eigenvalue weighted by Crippen LogP contribution is 2.35. The minimum absolute atomic E-state index is 0.103. The largest absolute Gasteiger partial charge is 0.478 e. The number of amides is 1. The van der Waals surface area contributed by atoms with Crippen LogP contribution in [-0.2, 0) is 16.0 Å². The molecule has 112 valence electrons. The third kappa shape index (κ3) is 2.88. The van der Waals surface area contributed by atoms with E-state index < -0.39 is 5.97 Å². The second-order valence-corrected chi connectivity index (χ2v) is 4.75. The van der Waals surface area contributed by atoms with Crippen molar-refractivity contribution in [1.29, 1.82) is 0 Å². The minimum atomic E-state index is -1.08. The van der Waals surface area contributed by atoms with Gasteiger partial charge >= 0.3 is 5.97 Å². The van der Waals surface area contributed by atoms with Crippen LogP contribution < -0.4 is 4.90 Å². The average Bonchev–Trinajstić information content (AvgIpc) is 2.54. The molecule has 1 amide bonds. The van der Waals surface area contributed by atoms with Gasteiger partial charge in [-0.05, 0) is 17.7 Å². The van der Waals surface area contributed by atoms with Gasteiger partial charge in [-0.2, -0.15) is 0 Å². The molecule has 0 heterocycles. The van der Waals surface area contributed by atoms with Gasteiger partial charge in [-0.1, -0.05) is 30.3 Å². The van der Waals surface area contributed by atoms with E-state index in [2.05, 4.69) is 0 Å². The second kappa shape index (κ2) is 6.67. The summed E-state index contributed by atoms with van der Waals surface area (Å²) in [5, 5.41) is 9.43. The summed E-state index contributed by atoms with van der Waals surface area (Å²) in [6.45, 7) is 0. The number of carboxylic acid groups (broad SMARTS) is 1. The number of aromatic carboxylic acids is 1. The molecule has 1 N–H and O–H groups in total. The van der Waals surface area contributed by atoms with Crippen LogP contribution in [0.1, 0.15) is 15.9 Å². The van der Waals surface area contributed by atoms with E-state index in [0.717, 1.165) is 6.29 Å². The summed E-state index contributed by atoms with van der Waals surface area (Å²) in [5.41, 5.74) is 2.37. The summed E-state index contributed by atoms with van der Waals surface area (Å²) >= 11 is 0. The lowest BCUT2D eigenvalue weighted by molar-refractivity contribution is -0.108. The Morgan fingerprint density at radius 1 is 1.14 bits per heavy atom. The topological polar surface area (TPSA) is 74.7 Å². The van der Waals surface area contributed by atoms with E-state index in [4.69, 9.17) is 0 Å². The summed E-state index contributed by atoms with van der Waals surface area (Å²) in [7, 11) is 1.59. The number of aldehydes is 1. The van der Waals surface area contributed by atoms with Crippen LogP contribution in [0.3, 0.4) is 0 Å². The quantitative estimate of drug-likeness (QED) is 0.831. The molecule has 0 bridgehead atoms. The zero-order valence-electron chi connectivity index (χ0n) is 12.0. The van der Waals surface area contributed by atoms with Gasteiger partial charge in [0, 0.05) is 24.6 Å². The molecule has 5 heteroatoms. The van der Waals surface area contributed by atoms with Gasteiger partial charge in [0.1, 0.15) is 6.29 Å². The van der Waals surface area contributed by atoms with Gasteiger partial charge in [-0.25, -0.2) is 4.79 Å². The third-order valence-electron chi connectivity index (χ3n) is 3.40. The summed E-state index contributed by atoms with van der Waals surface area (Å²) < 4.78 is 0. The van der Waals surface area contributed by atoms with Crippen LogP contribution in [0, 0.1) is 0 Å². The van der Waals surface area contributed by atoms with Crippen molar-refractivity contribution < 1.29 is 19.5 Å². The standard InChI is InChI=1S/C17H15NO4/c1-18(11-20)15-8-3-2-6-13(15)16-12(9-10-19)5-4-7-14(16)17(21)22/h2-8,10-11H,9H2,1H3,(H,21,22). The van der Waals surface area contributed by atoms with Gasteiger partial charge in [0.25, 0.3) is 0 Å². The van der Waals surface area contributed by atoms with Crippen molar-refractivity contribution in [3.8, 4) is 11.1 Å². The number of rotatable bonds is 6. The summed E-state index contributed by atoms with van der Waals surface area (Å²) in [6, 6.07) is 11.8. The Bertz CT molecular complexity index is 724. The van der Waals surface area contributed by atoms with Gasteiger partial charge in [-0.15, -0.1) is 0 Å². The molecule has 0 aliphatic rings. The van der Waals surface area contributed by atoms with E-state index >= 15 is 0 Å². The van der Waals surface area contributed by atoms with E-state index in [0.29, 0.717) is 28.8 Å². The first-order valence-electron chi connectivity index (χ1n) is 6.66. The van der Waals surface area contributed by atoms with Crippen molar-refractivity contribution in [2.75, 3.05) is 11.9 Å². The Morgan fingerprint density at radius 2 is 1.86 bits per heavy atom. The zero-order valence-corrected chi connectivity index (χ0v) is 12.0. The molecule has 0 fully saturated rings. The van der Waals surface area contributed by atoms with Crippen LogP contribution in [0.25, 0.3) is 11.1 Å². The Morgan fingerprint density at radius 3 is 2.50 bits per heavy atom. The maximum Gasteiger partial charge on any atom is 0.336 e. The molecule has 0 aliphatic carbocycles. The summed E-state index contributed by atoms with van der Waals surface area (Å²) in [4.78, 5) is 34.9. The van der Waals surface area contributed by atoms with E-state index in [1.54, 1.807) is 43.4 Å². The fourth-order valence-electron chi connectivity index (χ4n) is 2.41. The number of hydrogen-bond acceptors (Lipinski definition) is 3. The first-order chi connectivity index (χ1) is 10.6. The number of carbonyl (C=O) groups is 3. The first kappa shape index (κ1) is 15.4. The van der Waals surface area contributed by atoms with Crippen molar-refractivity contribution >= 4 is 24.4 Å². The van der Waals surface area contributed by atoms with Gasteiger partial charge in [-0.3, -0.25) is 4.79 Å². The molecule has 0 radical (unpaired) electrons. The van der Waals surface area contributed by atoms with Gasteiger partial charge < -0.3 is 14.8 Å². The number of para-hydroxylation sites is 1. The smallest absolute Gasteiger partial charge is 0.336 e. The fourth-order valence-corrected chi connectivity index (χ4v) is 2.41. The highest BCUT2D eigenvalue weighted by atomic mass is 16.4. The molecule has 2 aromatic carbocycles. The molecule has 0 saturated heterocycles. The van der Waals surface area contributed by atoms with Crippen LogP contribution in [0.5, 0.6) is 0 Å². The molecule has 0 aromatic heterocycles. The van der Waals surface area contributed by atoms with Crippen LogP contribution in [0.15, 0.2) is 42.5 Å². The van der Waals surface area contributed by atoms with Crippen LogP contribution >= 0.6 is 0 Å². The molecular formula is C17H15NO4. The van der Waals surface area contributed by atoms with Crippen LogP contribution in [0.4, 0.5) is 5.69 Å². The van der Waals surface area contributed by atoms with Crippen molar-refractivity contribution in [3.05, 3.63) is 53.6 Å². The predicted octanol–water partition coefficient (Wildman–Crippen LogP) is 2.39. The van der Waals surface area contributed by atoms with Crippen molar-refractivity contribution in [2.24, 2.45) is 0 Å². The lowest BCUT2D eigenvalue weighted by atomic mass is 9.91. The zero-order chi connectivity index (χ0) is 16.1. The highest BCUT2D eigenvalue weighted by molar-refractivity contribution is 6.00. The van der Waals surface area contributed by atoms with Crippen molar-refractivity contribution in [2.45, 2.75) is 6.42 Å². The Labute approximate surface area is 127 Å². The molecular weight excluding hydrogens is 282 g/mol. The number of benzene rings is 2. The molecule has 0 spiro atoms. The third-order valence-corrected chi connectivity index (χ3v) is 3.40. The van der Waals surface area contributed by atoms with Crippen LogP contribution in [-0.4, -0.2) is 30.8 Å². The molecule has 5 nitrogen and oxygen atoms in total. The lowest BCUT2D eigenvalue weighted by Gasteiger charge is -2.19. The molecule has 0 saturated carbocycles. The monoisotopic (exact) mass is 297 g/mol. The molecule has 0 unspecified atom stereocenters. The van der Waals surface area contributed by atoms with E-state index in [1.807, 2.05) is 0 Å². The van der Waals surface area contributed by atoms with Crippen molar-refractivity contribution in [1.82, 2.24) is 0 Å². The fraction of sp³-hybridized carbons (Fsp3) is 0.118. The predicted molar refractivity (Wildman–Crippen MR) is 83.1 cm³/mol. The van der Waals surface area contributed by atoms with Gasteiger partial charge in [0.2, 0.25) is 6.41 Å². The Balaban J connectivity index is 2.78. The maximum atomic E-state index is 11.5. The summed E-state index contributed by atoms with van der Waals surface area (Å²) in [5.74, 6) is -1.08. The Kier molecular flexibility index (Phi) is 4.68. The second-order valence-electron chi connectivity index (χ2n) is 4.75. The van der Waals surface area contributed by atoms with Crippen LogP contribution in [0.2, 0.25) is 0 Å². The normalized spacial score (nSPS) is 10.0. The molecule has 2 aromatic rings. The molecule has 22 heavy (non-hydrogen) atoms. The first-order valence-corrected chi connectivity index (χ1v) is 6.66. The minimum Gasteiger partial charge on any atom is -0.478 e. The highest BCUT2D eigenvalue weighted by Gasteiger charge is 2.19. The van der Waals surface area contributed by atoms with Gasteiger partial charge in [0.05, 0.1) is 11.3 Å². The molecule has 2 rings (SSSR count). The lowest BCUT2D eigenvalue weighted by Crippen LogP contribution is -2.15. The van der Waals surface area contributed by atoms with E-state index in [-0.39, 0.29) is 12.0 Å². The van der Waals surface area contributed by atoms with Crippen molar-refractivity contribution in [3.63, 3.8) is 0 Å². The maximum absolute atomic E-state index is 11.5. The number of nitrogens with zero attached hydrogens (tertiary/aromatic N) is 1. The van der Waals surface area contributed by atoms with E-state index in [1.165, 1.54) is 11.0 Å².